The maximum atomic E-state index is 11.2. The summed E-state index contributed by atoms with van der Waals surface area (Å²) < 4.78 is 5.75. The molecule has 2 rings (SSSR count). The van der Waals surface area contributed by atoms with Crippen LogP contribution >= 0.6 is 15.9 Å². The van der Waals surface area contributed by atoms with Gasteiger partial charge in [-0.25, -0.2) is 0 Å². The average molecular weight is 327 g/mol. The molecule has 0 aliphatic carbocycles. The third-order valence-corrected chi connectivity index (χ3v) is 3.81. The third-order valence-electron chi connectivity index (χ3n) is 3.12. The van der Waals surface area contributed by atoms with Gasteiger partial charge in [0.05, 0.1) is 17.6 Å². The molecule has 1 aromatic carbocycles. The lowest BCUT2D eigenvalue weighted by molar-refractivity contribution is -0.386. The SMILES string of the molecule is COc1ccc(Br)c(/C=C/N2CCCC2)c1[N+](=O)[O-]. The van der Waals surface area contributed by atoms with Crippen LogP contribution in [0.2, 0.25) is 0 Å². The molecule has 0 amide bonds. The predicted octanol–water partition coefficient (Wildman–Crippen LogP) is 3.43. The minimum Gasteiger partial charge on any atom is -0.490 e. The molecule has 19 heavy (non-hydrogen) atoms. The zero-order chi connectivity index (χ0) is 13.8. The van der Waals surface area contributed by atoms with Gasteiger partial charge in [0.1, 0.15) is 0 Å². The van der Waals surface area contributed by atoms with E-state index in [1.807, 2.05) is 6.20 Å². The molecule has 0 unspecified atom stereocenters. The van der Waals surface area contributed by atoms with E-state index in [9.17, 15) is 10.1 Å². The Labute approximate surface area is 120 Å². The number of halogens is 1. The first-order chi connectivity index (χ1) is 9.13. The topological polar surface area (TPSA) is 55.6 Å². The number of benzene rings is 1. The van der Waals surface area contributed by atoms with Crippen LogP contribution in [0.5, 0.6) is 5.75 Å². The van der Waals surface area contributed by atoms with Gasteiger partial charge in [-0.1, -0.05) is 0 Å². The van der Waals surface area contributed by atoms with E-state index in [-0.39, 0.29) is 11.4 Å². The zero-order valence-corrected chi connectivity index (χ0v) is 12.2. The summed E-state index contributed by atoms with van der Waals surface area (Å²) >= 11 is 3.36. The van der Waals surface area contributed by atoms with Crippen LogP contribution in [-0.2, 0) is 0 Å². The summed E-state index contributed by atoms with van der Waals surface area (Å²) in [6.45, 7) is 2.01. The van der Waals surface area contributed by atoms with Crippen LogP contribution in [0.25, 0.3) is 6.08 Å². The fourth-order valence-electron chi connectivity index (χ4n) is 2.15. The van der Waals surface area contributed by atoms with Crippen LogP contribution in [-0.4, -0.2) is 30.0 Å². The molecule has 1 aliphatic rings. The van der Waals surface area contributed by atoms with E-state index in [0.29, 0.717) is 10.0 Å². The maximum absolute atomic E-state index is 11.2. The molecule has 1 fully saturated rings. The first-order valence-corrected chi connectivity index (χ1v) is 6.86. The molecule has 0 saturated carbocycles. The highest BCUT2D eigenvalue weighted by atomic mass is 79.9. The molecule has 0 spiro atoms. The van der Waals surface area contributed by atoms with E-state index < -0.39 is 4.92 Å². The maximum Gasteiger partial charge on any atom is 0.319 e. The Bertz CT molecular complexity index is 511. The van der Waals surface area contributed by atoms with Gasteiger partial charge in [-0.2, -0.15) is 0 Å². The molecule has 1 saturated heterocycles. The monoisotopic (exact) mass is 326 g/mol. The summed E-state index contributed by atoms with van der Waals surface area (Å²) in [6.07, 6.45) is 6.03. The first-order valence-electron chi connectivity index (χ1n) is 6.06. The molecule has 0 radical (unpaired) electrons. The van der Waals surface area contributed by atoms with E-state index >= 15 is 0 Å². The van der Waals surface area contributed by atoms with Crippen molar-refractivity contribution in [3.05, 3.63) is 38.5 Å². The zero-order valence-electron chi connectivity index (χ0n) is 10.6. The second kappa shape index (κ2) is 6.06. The number of hydrogen-bond acceptors (Lipinski definition) is 4. The van der Waals surface area contributed by atoms with Gasteiger partial charge in [-0.3, -0.25) is 10.1 Å². The minimum absolute atomic E-state index is 0.00711. The van der Waals surface area contributed by atoms with Crippen LogP contribution in [0.3, 0.4) is 0 Å². The van der Waals surface area contributed by atoms with E-state index in [0.717, 1.165) is 13.1 Å². The lowest BCUT2D eigenvalue weighted by Gasteiger charge is -2.11. The largest absolute Gasteiger partial charge is 0.490 e. The van der Waals surface area contributed by atoms with Crippen LogP contribution in [0, 0.1) is 10.1 Å². The molecule has 0 N–H and O–H groups in total. The molecule has 1 aromatic rings. The van der Waals surface area contributed by atoms with Crippen molar-refractivity contribution in [1.82, 2.24) is 4.90 Å². The highest BCUT2D eigenvalue weighted by Gasteiger charge is 2.21. The number of rotatable bonds is 4. The Kier molecular flexibility index (Phi) is 4.42. The molecule has 1 heterocycles. The van der Waals surface area contributed by atoms with Gasteiger partial charge in [-0.05, 0) is 53.2 Å². The molecule has 102 valence electrons. The summed E-state index contributed by atoms with van der Waals surface area (Å²) in [5, 5.41) is 11.2. The van der Waals surface area contributed by atoms with Crippen molar-refractivity contribution in [2.75, 3.05) is 20.2 Å². The number of nitro groups is 1. The van der Waals surface area contributed by atoms with Crippen molar-refractivity contribution in [3.8, 4) is 5.75 Å². The molecule has 5 nitrogen and oxygen atoms in total. The molecule has 0 bridgehead atoms. The van der Waals surface area contributed by atoms with Gasteiger partial charge in [-0.15, -0.1) is 0 Å². The number of nitro benzene ring substituents is 1. The normalized spacial score (nSPS) is 15.2. The number of methoxy groups -OCH3 is 1. The van der Waals surface area contributed by atoms with Crippen molar-refractivity contribution < 1.29 is 9.66 Å². The quantitative estimate of drug-likeness (QED) is 0.628. The van der Waals surface area contributed by atoms with Crippen LogP contribution < -0.4 is 4.74 Å². The van der Waals surface area contributed by atoms with Gasteiger partial charge in [0.2, 0.25) is 0 Å². The van der Waals surface area contributed by atoms with E-state index in [1.165, 1.54) is 20.0 Å². The summed E-state index contributed by atoms with van der Waals surface area (Å²) in [6, 6.07) is 3.35. The van der Waals surface area contributed by atoms with Crippen LogP contribution in [0.1, 0.15) is 18.4 Å². The third kappa shape index (κ3) is 3.07. The second-order valence-corrected chi connectivity index (χ2v) is 5.18. The van der Waals surface area contributed by atoms with E-state index in [2.05, 4.69) is 20.8 Å². The Morgan fingerprint density at radius 2 is 2.11 bits per heavy atom. The van der Waals surface area contributed by atoms with Gasteiger partial charge in [0.15, 0.2) is 5.75 Å². The molecule has 6 heteroatoms. The second-order valence-electron chi connectivity index (χ2n) is 4.33. The van der Waals surface area contributed by atoms with Crippen molar-refractivity contribution >= 4 is 27.7 Å². The van der Waals surface area contributed by atoms with E-state index in [4.69, 9.17) is 4.74 Å². The number of hydrogen-bond donors (Lipinski definition) is 0. The van der Waals surface area contributed by atoms with Gasteiger partial charge in [0.25, 0.3) is 0 Å². The van der Waals surface area contributed by atoms with Crippen molar-refractivity contribution in [3.63, 3.8) is 0 Å². The highest BCUT2D eigenvalue weighted by molar-refractivity contribution is 9.10. The Hall–Kier alpha value is -1.56. The molecule has 0 atom stereocenters. The van der Waals surface area contributed by atoms with Gasteiger partial charge < -0.3 is 9.64 Å². The summed E-state index contributed by atoms with van der Waals surface area (Å²) in [5.41, 5.74) is 0.531. The minimum atomic E-state index is -0.409. The molecular weight excluding hydrogens is 312 g/mol. The van der Waals surface area contributed by atoms with Crippen LogP contribution in [0.4, 0.5) is 5.69 Å². The van der Waals surface area contributed by atoms with Crippen LogP contribution in [0.15, 0.2) is 22.8 Å². The smallest absolute Gasteiger partial charge is 0.319 e. The average Bonchev–Trinajstić information content (AvgIpc) is 2.89. The number of likely N-dealkylation sites (tertiary alicyclic amines) is 1. The van der Waals surface area contributed by atoms with Crippen molar-refractivity contribution in [1.29, 1.82) is 0 Å². The molecular formula is C13H15BrN2O3. The van der Waals surface area contributed by atoms with Gasteiger partial charge in [0, 0.05) is 17.6 Å². The van der Waals surface area contributed by atoms with E-state index in [1.54, 1.807) is 18.2 Å². The predicted molar refractivity (Wildman–Crippen MR) is 77.2 cm³/mol. The fourth-order valence-corrected chi connectivity index (χ4v) is 2.60. The van der Waals surface area contributed by atoms with Crippen molar-refractivity contribution in [2.24, 2.45) is 0 Å². The molecule has 1 aliphatic heterocycles. The number of nitrogens with zero attached hydrogens (tertiary/aromatic N) is 2. The lowest BCUT2D eigenvalue weighted by Crippen LogP contribution is -2.10. The Morgan fingerprint density at radius 1 is 1.42 bits per heavy atom. The molecule has 0 aromatic heterocycles. The van der Waals surface area contributed by atoms with Crippen molar-refractivity contribution in [2.45, 2.75) is 12.8 Å². The summed E-state index contributed by atoms with van der Waals surface area (Å²) in [7, 11) is 1.43. The number of ether oxygens (including phenoxy) is 1. The first kappa shape index (κ1) is 13.9. The summed E-state index contributed by atoms with van der Waals surface area (Å²) in [4.78, 5) is 13.0. The lowest BCUT2D eigenvalue weighted by atomic mass is 10.1. The fraction of sp³-hybridized carbons (Fsp3) is 0.385. The summed E-state index contributed by atoms with van der Waals surface area (Å²) in [5.74, 6) is 0.272. The van der Waals surface area contributed by atoms with Gasteiger partial charge >= 0.3 is 5.69 Å². The highest BCUT2D eigenvalue weighted by Crippen LogP contribution is 2.36. The Morgan fingerprint density at radius 3 is 2.68 bits per heavy atom. The standard InChI is InChI=1S/C13H15BrN2O3/c1-19-12-5-4-11(14)10(13(12)16(17)18)6-9-15-7-2-3-8-15/h4-6,9H,2-3,7-8H2,1H3/b9-6+. The Balaban J connectivity index is 2.39.